The second-order valence-corrected chi connectivity index (χ2v) is 3.77. The molecule has 3 amide bonds. The van der Waals surface area contributed by atoms with Gasteiger partial charge in [-0.1, -0.05) is 0 Å². The van der Waals surface area contributed by atoms with Gasteiger partial charge in [-0.05, 0) is 13.3 Å². The van der Waals surface area contributed by atoms with Gasteiger partial charge in [-0.3, -0.25) is 19.3 Å². The third-order valence-electron chi connectivity index (χ3n) is 2.69. The zero-order chi connectivity index (χ0) is 12.3. The third-order valence-corrected chi connectivity index (χ3v) is 2.69. The van der Waals surface area contributed by atoms with Crippen molar-refractivity contribution < 1.29 is 19.1 Å². The summed E-state index contributed by atoms with van der Waals surface area (Å²) in [5.41, 5.74) is 0. The van der Waals surface area contributed by atoms with Crippen molar-refractivity contribution in [2.24, 2.45) is 0 Å². The van der Waals surface area contributed by atoms with Crippen LogP contribution in [0.3, 0.4) is 0 Å². The van der Waals surface area contributed by atoms with E-state index < -0.39 is 12.1 Å². The molecule has 1 aliphatic rings. The van der Waals surface area contributed by atoms with E-state index in [0.717, 1.165) is 4.90 Å². The molecule has 0 aromatic heterocycles. The van der Waals surface area contributed by atoms with Gasteiger partial charge in [-0.25, -0.2) is 0 Å². The van der Waals surface area contributed by atoms with E-state index >= 15 is 0 Å². The van der Waals surface area contributed by atoms with Crippen molar-refractivity contribution in [2.45, 2.75) is 31.9 Å². The Morgan fingerprint density at radius 3 is 2.75 bits per heavy atom. The normalized spacial score (nSPS) is 23.2. The molecule has 0 aliphatic carbocycles. The lowest BCUT2D eigenvalue weighted by Gasteiger charge is -2.28. The summed E-state index contributed by atoms with van der Waals surface area (Å²) >= 11 is 0. The molecule has 1 rings (SSSR count). The lowest BCUT2D eigenvalue weighted by Crippen LogP contribution is -2.54. The molecule has 0 aromatic carbocycles. The maximum Gasteiger partial charge on any atom is 0.251 e. The van der Waals surface area contributed by atoms with Crippen molar-refractivity contribution >= 4 is 17.7 Å². The highest BCUT2D eigenvalue weighted by atomic mass is 16.5. The number of piperidine rings is 1. The maximum atomic E-state index is 11.6. The Morgan fingerprint density at radius 2 is 2.19 bits per heavy atom. The van der Waals surface area contributed by atoms with Crippen molar-refractivity contribution in [1.82, 2.24) is 10.2 Å². The SMILES string of the molecule is COC(C)C(=O)NC1CCC(=O)N(C)C1=O. The second-order valence-electron chi connectivity index (χ2n) is 3.77. The molecule has 0 bridgehead atoms. The van der Waals surface area contributed by atoms with Gasteiger partial charge >= 0.3 is 0 Å². The van der Waals surface area contributed by atoms with Crippen LogP contribution in [0.2, 0.25) is 0 Å². The summed E-state index contributed by atoms with van der Waals surface area (Å²) in [6, 6.07) is -0.618. The summed E-state index contributed by atoms with van der Waals surface area (Å²) in [5, 5.41) is 2.56. The molecule has 16 heavy (non-hydrogen) atoms. The molecule has 0 spiro atoms. The van der Waals surface area contributed by atoms with Gasteiger partial charge in [0.2, 0.25) is 11.8 Å². The summed E-state index contributed by atoms with van der Waals surface area (Å²) in [5.74, 6) is -0.924. The van der Waals surface area contributed by atoms with Gasteiger partial charge in [0.15, 0.2) is 0 Å². The van der Waals surface area contributed by atoms with Gasteiger partial charge < -0.3 is 10.1 Å². The predicted molar refractivity (Wildman–Crippen MR) is 55.4 cm³/mol. The molecule has 1 aliphatic heterocycles. The zero-order valence-electron chi connectivity index (χ0n) is 9.65. The van der Waals surface area contributed by atoms with Crippen LogP contribution in [0.1, 0.15) is 19.8 Å². The van der Waals surface area contributed by atoms with E-state index in [1.54, 1.807) is 6.92 Å². The van der Waals surface area contributed by atoms with Crippen LogP contribution in [-0.4, -0.2) is 48.9 Å². The third kappa shape index (κ3) is 2.57. The number of imide groups is 1. The Morgan fingerprint density at radius 1 is 1.56 bits per heavy atom. The Bertz CT molecular complexity index is 316. The number of hydrogen-bond donors (Lipinski definition) is 1. The average molecular weight is 228 g/mol. The summed E-state index contributed by atoms with van der Waals surface area (Å²) in [7, 11) is 2.84. The largest absolute Gasteiger partial charge is 0.372 e. The minimum atomic E-state index is -0.618. The number of nitrogens with zero attached hydrogens (tertiary/aromatic N) is 1. The molecule has 0 saturated carbocycles. The van der Waals surface area contributed by atoms with Crippen molar-refractivity contribution in [3.8, 4) is 0 Å². The number of likely N-dealkylation sites (tertiary alicyclic amines) is 1. The molecule has 6 nitrogen and oxygen atoms in total. The van der Waals surface area contributed by atoms with Crippen molar-refractivity contribution in [1.29, 1.82) is 0 Å². The molecule has 90 valence electrons. The molecule has 1 fully saturated rings. The lowest BCUT2D eigenvalue weighted by molar-refractivity contribution is -0.150. The van der Waals surface area contributed by atoms with Gasteiger partial charge in [0, 0.05) is 20.6 Å². The Hall–Kier alpha value is -1.43. The van der Waals surface area contributed by atoms with Gasteiger partial charge in [0.25, 0.3) is 5.91 Å². The van der Waals surface area contributed by atoms with Crippen LogP contribution in [0.25, 0.3) is 0 Å². The number of methoxy groups -OCH3 is 1. The fraction of sp³-hybridized carbons (Fsp3) is 0.700. The Balaban J connectivity index is 2.59. The van der Waals surface area contributed by atoms with E-state index in [9.17, 15) is 14.4 Å². The van der Waals surface area contributed by atoms with Crippen LogP contribution in [0.15, 0.2) is 0 Å². The molecule has 0 aromatic rings. The maximum absolute atomic E-state index is 11.6. The van der Waals surface area contributed by atoms with Crippen LogP contribution in [0.5, 0.6) is 0 Å². The molecule has 1 N–H and O–H groups in total. The number of amides is 3. The molecular weight excluding hydrogens is 212 g/mol. The van der Waals surface area contributed by atoms with Crippen LogP contribution in [-0.2, 0) is 19.1 Å². The van der Waals surface area contributed by atoms with Crippen molar-refractivity contribution in [3.05, 3.63) is 0 Å². The molecule has 2 unspecified atom stereocenters. The van der Waals surface area contributed by atoms with Crippen LogP contribution in [0, 0.1) is 0 Å². The number of likely N-dealkylation sites (N-methyl/N-ethyl adjacent to an activating group) is 1. The lowest BCUT2D eigenvalue weighted by atomic mass is 10.0. The Kier molecular flexibility index (Phi) is 4.00. The van der Waals surface area contributed by atoms with Crippen LogP contribution < -0.4 is 5.32 Å². The molecule has 1 heterocycles. The van der Waals surface area contributed by atoms with E-state index in [4.69, 9.17) is 4.74 Å². The predicted octanol–water partition coefficient (Wildman–Crippen LogP) is -0.715. The van der Waals surface area contributed by atoms with Gasteiger partial charge in [0.1, 0.15) is 12.1 Å². The standard InChI is InChI=1S/C10H16N2O4/c1-6(16-3)9(14)11-7-4-5-8(13)12(2)10(7)15/h6-7H,4-5H2,1-3H3,(H,11,14). The van der Waals surface area contributed by atoms with Gasteiger partial charge in [0.05, 0.1) is 0 Å². The topological polar surface area (TPSA) is 75.7 Å². The summed E-state index contributed by atoms with van der Waals surface area (Å²) in [6.07, 6.45) is 0.0226. The number of nitrogens with one attached hydrogen (secondary N) is 1. The highest BCUT2D eigenvalue weighted by molar-refractivity contribution is 6.01. The monoisotopic (exact) mass is 228 g/mol. The van der Waals surface area contributed by atoms with E-state index in [-0.39, 0.29) is 24.1 Å². The van der Waals surface area contributed by atoms with Crippen molar-refractivity contribution in [3.63, 3.8) is 0 Å². The first-order valence-electron chi connectivity index (χ1n) is 5.11. The first-order chi connectivity index (χ1) is 7.47. The summed E-state index contributed by atoms with van der Waals surface area (Å²) < 4.78 is 4.83. The minimum Gasteiger partial charge on any atom is -0.372 e. The number of hydrogen-bond acceptors (Lipinski definition) is 4. The van der Waals surface area contributed by atoms with E-state index in [1.165, 1.54) is 14.2 Å². The van der Waals surface area contributed by atoms with Crippen LogP contribution in [0.4, 0.5) is 0 Å². The van der Waals surface area contributed by atoms with Gasteiger partial charge in [-0.2, -0.15) is 0 Å². The highest BCUT2D eigenvalue weighted by Gasteiger charge is 2.33. The fourth-order valence-corrected chi connectivity index (χ4v) is 1.45. The van der Waals surface area contributed by atoms with Gasteiger partial charge in [-0.15, -0.1) is 0 Å². The second kappa shape index (κ2) is 5.07. The first kappa shape index (κ1) is 12.6. The molecular formula is C10H16N2O4. The first-order valence-corrected chi connectivity index (χ1v) is 5.11. The fourth-order valence-electron chi connectivity index (χ4n) is 1.45. The molecule has 1 saturated heterocycles. The summed E-state index contributed by atoms with van der Waals surface area (Å²) in [4.78, 5) is 35.4. The minimum absolute atomic E-state index is 0.213. The quantitative estimate of drug-likeness (QED) is 0.647. The number of carbonyl (C=O) groups is 3. The smallest absolute Gasteiger partial charge is 0.251 e. The number of ether oxygens (including phenoxy) is 1. The Labute approximate surface area is 93.9 Å². The van der Waals surface area contributed by atoms with E-state index in [2.05, 4.69) is 5.32 Å². The highest BCUT2D eigenvalue weighted by Crippen LogP contribution is 2.11. The number of carbonyl (C=O) groups excluding carboxylic acids is 3. The zero-order valence-corrected chi connectivity index (χ0v) is 9.65. The van der Waals surface area contributed by atoms with Crippen molar-refractivity contribution in [2.75, 3.05) is 14.2 Å². The van der Waals surface area contributed by atoms with Crippen LogP contribution >= 0.6 is 0 Å². The van der Waals surface area contributed by atoms with E-state index in [1.807, 2.05) is 0 Å². The summed E-state index contributed by atoms with van der Waals surface area (Å²) in [6.45, 7) is 1.59. The molecule has 2 atom stereocenters. The average Bonchev–Trinajstić information content (AvgIpc) is 2.28. The number of rotatable bonds is 3. The van der Waals surface area contributed by atoms with E-state index in [0.29, 0.717) is 6.42 Å². The molecule has 0 radical (unpaired) electrons. The molecule has 6 heteroatoms.